The van der Waals surface area contributed by atoms with Crippen molar-refractivity contribution in [2.45, 2.75) is 0 Å². The van der Waals surface area contributed by atoms with E-state index in [1.807, 2.05) is 29.6 Å². The van der Waals surface area contributed by atoms with Crippen molar-refractivity contribution < 1.29 is 14.3 Å². The standard InChI is InChI=1S/C20H16ClN3O3S/c1-26-13-5-6-18(27-2)14(9-13)17-10-28-20(23-17)24-19(25)16-7-11-3-4-12(21)8-15(11)22-16/h3-10,22H,1-2H3,(H,23,24,25). The van der Waals surface area contributed by atoms with Crippen molar-refractivity contribution >= 4 is 44.9 Å². The van der Waals surface area contributed by atoms with Gasteiger partial charge in [0.15, 0.2) is 5.13 Å². The summed E-state index contributed by atoms with van der Waals surface area (Å²) in [5.41, 5.74) is 2.73. The van der Waals surface area contributed by atoms with Gasteiger partial charge in [-0.05, 0) is 36.4 Å². The Morgan fingerprint density at radius 2 is 2.00 bits per heavy atom. The van der Waals surface area contributed by atoms with E-state index in [4.69, 9.17) is 21.1 Å². The number of fused-ring (bicyclic) bond motifs is 1. The second kappa shape index (κ2) is 7.53. The van der Waals surface area contributed by atoms with Crippen LogP contribution in [0.3, 0.4) is 0 Å². The molecule has 0 saturated carbocycles. The highest BCUT2D eigenvalue weighted by Crippen LogP contribution is 2.35. The number of ether oxygens (including phenoxy) is 2. The number of hydrogen-bond donors (Lipinski definition) is 2. The van der Waals surface area contributed by atoms with Crippen molar-refractivity contribution in [3.05, 3.63) is 58.6 Å². The van der Waals surface area contributed by atoms with Crippen LogP contribution in [-0.4, -0.2) is 30.1 Å². The van der Waals surface area contributed by atoms with Gasteiger partial charge < -0.3 is 14.5 Å². The quantitative estimate of drug-likeness (QED) is 0.470. The van der Waals surface area contributed by atoms with Gasteiger partial charge in [0.05, 0.1) is 19.9 Å². The minimum atomic E-state index is -0.272. The Hall–Kier alpha value is -3.03. The van der Waals surface area contributed by atoms with Gasteiger partial charge in [0.2, 0.25) is 0 Å². The Bertz CT molecular complexity index is 1170. The number of amides is 1. The normalized spacial score (nSPS) is 10.8. The maximum Gasteiger partial charge on any atom is 0.273 e. The maximum absolute atomic E-state index is 12.6. The number of carbonyl (C=O) groups is 1. The second-order valence-corrected chi connectivity index (χ2v) is 7.27. The van der Waals surface area contributed by atoms with Crippen LogP contribution in [0, 0.1) is 0 Å². The number of aromatic amines is 1. The Labute approximate surface area is 170 Å². The molecule has 2 heterocycles. The number of nitrogens with one attached hydrogen (secondary N) is 2. The lowest BCUT2D eigenvalue weighted by molar-refractivity contribution is 0.102. The molecule has 4 aromatic rings. The van der Waals surface area contributed by atoms with Gasteiger partial charge in [-0.15, -0.1) is 11.3 Å². The molecule has 2 N–H and O–H groups in total. The molecule has 0 unspecified atom stereocenters. The number of rotatable bonds is 5. The molecule has 8 heteroatoms. The summed E-state index contributed by atoms with van der Waals surface area (Å²) in [6, 6.07) is 12.7. The van der Waals surface area contributed by atoms with Crippen molar-refractivity contribution in [1.82, 2.24) is 9.97 Å². The number of thiazole rings is 1. The fourth-order valence-corrected chi connectivity index (χ4v) is 3.73. The molecule has 0 fully saturated rings. The van der Waals surface area contributed by atoms with Crippen molar-refractivity contribution in [1.29, 1.82) is 0 Å². The van der Waals surface area contributed by atoms with E-state index in [2.05, 4.69) is 15.3 Å². The van der Waals surface area contributed by atoms with E-state index in [1.165, 1.54) is 11.3 Å². The van der Waals surface area contributed by atoms with Crippen molar-refractivity contribution in [3.63, 3.8) is 0 Å². The molecule has 2 aromatic heterocycles. The number of anilines is 1. The van der Waals surface area contributed by atoms with E-state index in [0.717, 1.165) is 16.5 Å². The summed E-state index contributed by atoms with van der Waals surface area (Å²) < 4.78 is 10.7. The Balaban J connectivity index is 1.58. The molecule has 2 aromatic carbocycles. The number of hydrogen-bond acceptors (Lipinski definition) is 5. The molecule has 0 bridgehead atoms. The summed E-state index contributed by atoms with van der Waals surface area (Å²) in [7, 11) is 3.20. The molecule has 0 aliphatic heterocycles. The number of aromatic nitrogens is 2. The minimum Gasteiger partial charge on any atom is -0.497 e. The first-order chi connectivity index (χ1) is 13.6. The first-order valence-corrected chi connectivity index (χ1v) is 9.60. The van der Waals surface area contributed by atoms with Gasteiger partial charge in [0.1, 0.15) is 17.2 Å². The Morgan fingerprint density at radius 1 is 1.14 bits per heavy atom. The summed E-state index contributed by atoms with van der Waals surface area (Å²) in [6.07, 6.45) is 0. The molecular formula is C20H16ClN3O3S. The molecule has 0 radical (unpaired) electrons. The van der Waals surface area contributed by atoms with Gasteiger partial charge in [-0.25, -0.2) is 4.98 Å². The van der Waals surface area contributed by atoms with Crippen molar-refractivity contribution in [3.8, 4) is 22.8 Å². The minimum absolute atomic E-state index is 0.272. The summed E-state index contributed by atoms with van der Waals surface area (Å²) >= 11 is 7.33. The molecule has 0 saturated heterocycles. The maximum atomic E-state index is 12.6. The summed E-state index contributed by atoms with van der Waals surface area (Å²) in [4.78, 5) is 20.2. The van der Waals surface area contributed by atoms with Crippen LogP contribution in [0.15, 0.2) is 47.8 Å². The third-order valence-electron chi connectivity index (χ3n) is 4.24. The molecule has 4 rings (SSSR count). The van der Waals surface area contributed by atoms with Crippen molar-refractivity contribution in [2.24, 2.45) is 0 Å². The monoisotopic (exact) mass is 413 g/mol. The number of nitrogens with zero attached hydrogens (tertiary/aromatic N) is 1. The zero-order chi connectivity index (χ0) is 19.7. The molecule has 0 atom stereocenters. The third kappa shape index (κ3) is 3.54. The predicted molar refractivity (Wildman–Crippen MR) is 112 cm³/mol. The van der Waals surface area contributed by atoms with Gasteiger partial charge in [0.25, 0.3) is 5.91 Å². The van der Waals surface area contributed by atoms with E-state index in [1.54, 1.807) is 32.4 Å². The number of benzene rings is 2. The number of halogens is 1. The predicted octanol–water partition coefficient (Wildman–Crippen LogP) is 5.21. The van der Waals surface area contributed by atoms with E-state index in [-0.39, 0.29) is 5.91 Å². The van der Waals surface area contributed by atoms with E-state index >= 15 is 0 Å². The van der Waals surface area contributed by atoms with Crippen LogP contribution in [0.1, 0.15) is 10.5 Å². The van der Waals surface area contributed by atoms with Gasteiger partial charge in [0, 0.05) is 26.9 Å². The molecule has 6 nitrogen and oxygen atoms in total. The smallest absolute Gasteiger partial charge is 0.273 e. The summed E-state index contributed by atoms with van der Waals surface area (Å²) in [5.74, 6) is 1.11. The Morgan fingerprint density at radius 3 is 2.79 bits per heavy atom. The largest absolute Gasteiger partial charge is 0.497 e. The zero-order valence-electron chi connectivity index (χ0n) is 15.1. The van der Waals surface area contributed by atoms with Crippen LogP contribution in [0.5, 0.6) is 11.5 Å². The Kier molecular flexibility index (Phi) is 4.93. The highest BCUT2D eigenvalue weighted by atomic mass is 35.5. The zero-order valence-corrected chi connectivity index (χ0v) is 16.6. The van der Waals surface area contributed by atoms with Crippen LogP contribution in [0.2, 0.25) is 5.02 Å². The number of methoxy groups -OCH3 is 2. The molecular weight excluding hydrogens is 398 g/mol. The molecule has 1 amide bonds. The molecule has 28 heavy (non-hydrogen) atoms. The third-order valence-corrected chi connectivity index (χ3v) is 5.23. The summed E-state index contributed by atoms with van der Waals surface area (Å²) in [5, 5.41) is 6.69. The first-order valence-electron chi connectivity index (χ1n) is 8.35. The molecule has 0 spiro atoms. The lowest BCUT2D eigenvalue weighted by Gasteiger charge is -2.08. The van der Waals surface area contributed by atoms with Crippen LogP contribution in [0.25, 0.3) is 22.2 Å². The number of H-pyrrole nitrogens is 1. The van der Waals surface area contributed by atoms with Crippen LogP contribution in [-0.2, 0) is 0 Å². The van der Waals surface area contributed by atoms with Gasteiger partial charge in [-0.3, -0.25) is 10.1 Å². The average molecular weight is 414 g/mol. The van der Waals surface area contributed by atoms with Crippen LogP contribution < -0.4 is 14.8 Å². The molecule has 142 valence electrons. The van der Waals surface area contributed by atoms with E-state index in [0.29, 0.717) is 33.0 Å². The highest BCUT2D eigenvalue weighted by molar-refractivity contribution is 7.14. The topological polar surface area (TPSA) is 76.2 Å². The number of carbonyl (C=O) groups excluding carboxylic acids is 1. The van der Waals surface area contributed by atoms with E-state index < -0.39 is 0 Å². The SMILES string of the molecule is COc1ccc(OC)c(-c2csc(NC(=O)c3cc4ccc(Cl)cc4[nH]3)n2)c1. The van der Waals surface area contributed by atoms with Gasteiger partial charge in [-0.2, -0.15) is 0 Å². The van der Waals surface area contributed by atoms with Crippen LogP contribution >= 0.6 is 22.9 Å². The van der Waals surface area contributed by atoms with Gasteiger partial charge >= 0.3 is 0 Å². The van der Waals surface area contributed by atoms with Gasteiger partial charge in [-0.1, -0.05) is 17.7 Å². The fourth-order valence-electron chi connectivity index (χ4n) is 2.86. The first kappa shape index (κ1) is 18.3. The average Bonchev–Trinajstić information content (AvgIpc) is 3.34. The summed E-state index contributed by atoms with van der Waals surface area (Å²) in [6.45, 7) is 0. The molecule has 0 aliphatic carbocycles. The fraction of sp³-hybridized carbons (Fsp3) is 0.100. The van der Waals surface area contributed by atoms with Crippen molar-refractivity contribution in [2.75, 3.05) is 19.5 Å². The van der Waals surface area contributed by atoms with E-state index in [9.17, 15) is 4.79 Å². The lowest BCUT2D eigenvalue weighted by atomic mass is 10.1. The molecule has 0 aliphatic rings. The second-order valence-electron chi connectivity index (χ2n) is 5.97. The van der Waals surface area contributed by atoms with Crippen LogP contribution in [0.4, 0.5) is 5.13 Å². The highest BCUT2D eigenvalue weighted by Gasteiger charge is 2.15. The lowest BCUT2D eigenvalue weighted by Crippen LogP contribution is -2.11.